The number of nitrogens with one attached hydrogen (secondary N) is 1. The highest BCUT2D eigenvalue weighted by Gasteiger charge is 2.07. The molecule has 1 heterocycles. The maximum Gasteiger partial charge on any atom is 0.248 e. The van der Waals surface area contributed by atoms with Gasteiger partial charge in [-0.15, -0.1) is 23.7 Å². The number of carbonyl (C=O) groups is 1. The Labute approximate surface area is 157 Å². The van der Waals surface area contributed by atoms with Gasteiger partial charge in [0.2, 0.25) is 5.91 Å². The van der Waals surface area contributed by atoms with E-state index in [2.05, 4.69) is 5.32 Å². The molecule has 0 spiro atoms. The molecule has 0 fully saturated rings. The molecule has 25 heavy (non-hydrogen) atoms. The molecule has 0 aliphatic carbocycles. The van der Waals surface area contributed by atoms with Crippen LogP contribution >= 0.6 is 23.7 Å². The van der Waals surface area contributed by atoms with Crippen molar-refractivity contribution < 1.29 is 19.4 Å². The van der Waals surface area contributed by atoms with Crippen molar-refractivity contribution in [3.63, 3.8) is 0 Å². The Morgan fingerprint density at radius 1 is 1.28 bits per heavy atom. The molecule has 8 heteroatoms. The summed E-state index contributed by atoms with van der Waals surface area (Å²) in [6.07, 6.45) is -0.582. The fraction of sp³-hybridized carbons (Fsp3) is 0.353. The zero-order valence-corrected chi connectivity index (χ0v) is 15.6. The Balaban J connectivity index is 0.00000312. The molecule has 1 atom stereocenters. The van der Waals surface area contributed by atoms with Crippen LogP contribution in [0.25, 0.3) is 0 Å². The van der Waals surface area contributed by atoms with Crippen LogP contribution in [0.4, 0.5) is 0 Å². The van der Waals surface area contributed by atoms with Crippen molar-refractivity contribution in [2.45, 2.75) is 13.0 Å². The van der Waals surface area contributed by atoms with E-state index in [1.807, 2.05) is 18.4 Å². The zero-order chi connectivity index (χ0) is 17.4. The summed E-state index contributed by atoms with van der Waals surface area (Å²) in [6.45, 7) is 3.70. The van der Waals surface area contributed by atoms with Gasteiger partial charge in [0, 0.05) is 24.2 Å². The van der Waals surface area contributed by atoms with Crippen LogP contribution in [0.2, 0.25) is 0 Å². The number of aliphatic hydroxyl groups excluding tert-OH is 1. The van der Waals surface area contributed by atoms with Gasteiger partial charge in [0.1, 0.15) is 25.1 Å². The van der Waals surface area contributed by atoms with Crippen LogP contribution in [-0.2, 0) is 0 Å². The van der Waals surface area contributed by atoms with Gasteiger partial charge in [0.25, 0.3) is 0 Å². The molecule has 0 aliphatic heterocycles. The first-order valence-electron chi connectivity index (χ1n) is 7.64. The minimum atomic E-state index is -0.582. The van der Waals surface area contributed by atoms with Crippen molar-refractivity contribution in [3.8, 4) is 10.8 Å². The third-order valence-corrected chi connectivity index (χ3v) is 4.21. The summed E-state index contributed by atoms with van der Waals surface area (Å²) >= 11 is 1.52. The van der Waals surface area contributed by atoms with Crippen LogP contribution in [0.1, 0.15) is 15.9 Å². The molecule has 0 bridgehead atoms. The number of amides is 1. The molecule has 0 radical (unpaired) electrons. The molecule has 1 unspecified atom stereocenters. The topological polar surface area (TPSA) is 93.8 Å². The number of halogens is 1. The average molecular weight is 387 g/mol. The molecule has 1 aromatic carbocycles. The second kappa shape index (κ2) is 10.9. The second-order valence-electron chi connectivity index (χ2n) is 5.30. The number of carbonyl (C=O) groups excluding carboxylic acids is 1. The predicted molar refractivity (Wildman–Crippen MR) is 101 cm³/mol. The van der Waals surface area contributed by atoms with Crippen molar-refractivity contribution in [3.05, 3.63) is 46.8 Å². The van der Waals surface area contributed by atoms with Crippen LogP contribution in [0.5, 0.6) is 10.8 Å². The van der Waals surface area contributed by atoms with Gasteiger partial charge in [-0.2, -0.15) is 0 Å². The van der Waals surface area contributed by atoms with E-state index in [0.717, 1.165) is 10.6 Å². The largest absolute Gasteiger partial charge is 0.492 e. The van der Waals surface area contributed by atoms with E-state index in [9.17, 15) is 9.90 Å². The Bertz CT molecular complexity index is 648. The second-order valence-corrected chi connectivity index (χ2v) is 6.18. The SMILES string of the molecule is Cc1ccsc1OCC(O)CNCCOc1ccc(C(N)=O)cc1.Cl. The van der Waals surface area contributed by atoms with Gasteiger partial charge < -0.3 is 25.6 Å². The van der Waals surface area contributed by atoms with E-state index in [-0.39, 0.29) is 19.0 Å². The Hall–Kier alpha value is -1.80. The molecule has 1 amide bonds. The van der Waals surface area contributed by atoms with E-state index in [4.69, 9.17) is 15.2 Å². The molecule has 138 valence electrons. The van der Waals surface area contributed by atoms with Crippen molar-refractivity contribution >= 4 is 29.7 Å². The molecular weight excluding hydrogens is 364 g/mol. The summed E-state index contributed by atoms with van der Waals surface area (Å²) in [4.78, 5) is 11.0. The van der Waals surface area contributed by atoms with Gasteiger partial charge in [-0.25, -0.2) is 0 Å². The maximum absolute atomic E-state index is 11.0. The first-order chi connectivity index (χ1) is 11.6. The molecular formula is C17H23ClN2O4S. The number of benzene rings is 1. The maximum atomic E-state index is 11.0. The summed E-state index contributed by atoms with van der Waals surface area (Å²) in [5, 5.41) is 15.8. The van der Waals surface area contributed by atoms with Crippen LogP contribution in [0.3, 0.4) is 0 Å². The van der Waals surface area contributed by atoms with Gasteiger partial charge in [-0.1, -0.05) is 0 Å². The standard InChI is InChI=1S/C17H22N2O4S.ClH/c1-12-6-9-24-17(12)23-11-14(20)10-19-7-8-22-15-4-2-13(3-5-15)16(18)21;/h2-6,9,14,19-20H,7-8,10-11H2,1H3,(H2,18,21);1H. The average Bonchev–Trinajstić information content (AvgIpc) is 2.98. The van der Waals surface area contributed by atoms with E-state index in [1.165, 1.54) is 11.3 Å². The molecule has 0 saturated heterocycles. The third-order valence-electron chi connectivity index (χ3n) is 3.29. The number of aryl methyl sites for hydroxylation is 1. The normalized spacial score (nSPS) is 11.4. The molecule has 4 N–H and O–H groups in total. The lowest BCUT2D eigenvalue weighted by molar-refractivity contribution is 0.1000. The van der Waals surface area contributed by atoms with Gasteiger partial charge in [0.15, 0.2) is 5.06 Å². The fourth-order valence-corrected chi connectivity index (χ4v) is 2.75. The van der Waals surface area contributed by atoms with E-state index in [1.54, 1.807) is 24.3 Å². The molecule has 6 nitrogen and oxygen atoms in total. The summed E-state index contributed by atoms with van der Waals surface area (Å²) in [7, 11) is 0. The van der Waals surface area contributed by atoms with E-state index in [0.29, 0.717) is 31.0 Å². The number of thiophene rings is 1. The molecule has 1 aromatic heterocycles. The Kier molecular flexibility index (Phi) is 9.30. The first-order valence-corrected chi connectivity index (χ1v) is 8.52. The number of ether oxygens (including phenoxy) is 2. The van der Waals surface area contributed by atoms with Crippen molar-refractivity contribution in [2.24, 2.45) is 5.73 Å². The van der Waals surface area contributed by atoms with Crippen LogP contribution in [0, 0.1) is 6.92 Å². The number of nitrogens with two attached hydrogens (primary N) is 1. The Morgan fingerprint density at radius 3 is 2.60 bits per heavy atom. The van der Waals surface area contributed by atoms with Crippen LogP contribution in [0.15, 0.2) is 35.7 Å². The summed E-state index contributed by atoms with van der Waals surface area (Å²) < 4.78 is 11.1. The minimum absolute atomic E-state index is 0. The van der Waals surface area contributed by atoms with Gasteiger partial charge in [-0.3, -0.25) is 4.79 Å². The van der Waals surface area contributed by atoms with Crippen LogP contribution < -0.4 is 20.5 Å². The lowest BCUT2D eigenvalue weighted by atomic mass is 10.2. The highest BCUT2D eigenvalue weighted by molar-refractivity contribution is 7.12. The van der Waals surface area contributed by atoms with Gasteiger partial charge >= 0.3 is 0 Å². The van der Waals surface area contributed by atoms with Gasteiger partial charge in [-0.05, 0) is 42.6 Å². The van der Waals surface area contributed by atoms with E-state index >= 15 is 0 Å². The molecule has 2 rings (SSSR count). The minimum Gasteiger partial charge on any atom is -0.492 e. The highest BCUT2D eigenvalue weighted by atomic mass is 35.5. The van der Waals surface area contributed by atoms with Crippen molar-refractivity contribution in [2.75, 3.05) is 26.3 Å². The Morgan fingerprint density at radius 2 is 2.00 bits per heavy atom. The van der Waals surface area contributed by atoms with Crippen molar-refractivity contribution in [1.82, 2.24) is 5.32 Å². The first kappa shape index (κ1) is 21.2. The summed E-state index contributed by atoms with van der Waals surface area (Å²) in [6, 6.07) is 8.63. The third kappa shape index (κ3) is 7.31. The molecule has 0 aliphatic rings. The van der Waals surface area contributed by atoms with Gasteiger partial charge in [0.05, 0.1) is 0 Å². The predicted octanol–water partition coefficient (Wildman–Crippen LogP) is 1.99. The number of primary amides is 1. The number of hydrogen-bond donors (Lipinski definition) is 3. The monoisotopic (exact) mass is 386 g/mol. The van der Waals surface area contributed by atoms with Crippen LogP contribution in [-0.4, -0.2) is 43.4 Å². The molecule has 2 aromatic rings. The number of aliphatic hydroxyl groups is 1. The fourth-order valence-electron chi connectivity index (χ4n) is 1.96. The lowest BCUT2D eigenvalue weighted by Crippen LogP contribution is -2.33. The number of rotatable bonds is 10. The lowest BCUT2D eigenvalue weighted by Gasteiger charge is -2.13. The van der Waals surface area contributed by atoms with E-state index < -0.39 is 12.0 Å². The highest BCUT2D eigenvalue weighted by Crippen LogP contribution is 2.24. The smallest absolute Gasteiger partial charge is 0.248 e. The quantitative estimate of drug-likeness (QED) is 0.543. The summed E-state index contributed by atoms with van der Waals surface area (Å²) in [5.74, 6) is 0.205. The number of hydrogen-bond acceptors (Lipinski definition) is 6. The molecule has 0 saturated carbocycles. The van der Waals surface area contributed by atoms with Crippen molar-refractivity contribution in [1.29, 1.82) is 0 Å². The zero-order valence-electron chi connectivity index (χ0n) is 13.9. The summed E-state index contributed by atoms with van der Waals surface area (Å²) in [5.41, 5.74) is 6.70.